The predicted octanol–water partition coefficient (Wildman–Crippen LogP) is 3.46. The Morgan fingerprint density at radius 1 is 1.14 bits per heavy atom. The van der Waals surface area contributed by atoms with Crippen LogP contribution < -0.4 is 9.47 Å². The predicted molar refractivity (Wildman–Crippen MR) is 70.3 cm³/mol. The van der Waals surface area contributed by atoms with Crippen molar-refractivity contribution in [1.82, 2.24) is 0 Å². The number of halogens is 2. The molecule has 0 aliphatic heterocycles. The quantitative estimate of drug-likeness (QED) is 0.626. The summed E-state index contributed by atoms with van der Waals surface area (Å²) in [6.45, 7) is -0.00182. The van der Waals surface area contributed by atoms with Gasteiger partial charge < -0.3 is 9.47 Å². The maximum atomic E-state index is 13.5. The largest absolute Gasteiger partial charge is 0.494 e. The maximum absolute atomic E-state index is 13.5. The number of hydrogen-bond donors (Lipinski definition) is 0. The Labute approximate surface area is 118 Å². The molecule has 5 nitrogen and oxygen atoms in total. The van der Waals surface area contributed by atoms with Crippen LogP contribution in [0.3, 0.4) is 0 Å². The van der Waals surface area contributed by atoms with Crippen molar-refractivity contribution >= 4 is 5.69 Å². The van der Waals surface area contributed by atoms with Crippen molar-refractivity contribution in [3.63, 3.8) is 0 Å². The lowest BCUT2D eigenvalue weighted by molar-refractivity contribution is -0.387. The summed E-state index contributed by atoms with van der Waals surface area (Å²) in [5.74, 6) is -1.29. The third-order valence-electron chi connectivity index (χ3n) is 2.74. The Balaban J connectivity index is 2.08. The normalized spacial score (nSPS) is 10.2. The van der Waals surface area contributed by atoms with Crippen LogP contribution in [0, 0.1) is 21.7 Å². The van der Waals surface area contributed by atoms with Crippen molar-refractivity contribution in [3.8, 4) is 11.5 Å². The zero-order chi connectivity index (χ0) is 15.4. The van der Waals surface area contributed by atoms with E-state index in [1.54, 1.807) is 6.07 Å². The van der Waals surface area contributed by atoms with Gasteiger partial charge in [0, 0.05) is 12.1 Å². The molecule has 0 aliphatic carbocycles. The standard InChI is InChI=1S/C14H11F2NO4/c1-20-14-5-2-9(6-12(14)16)8-21-10-3-4-13(17(18)19)11(15)7-10/h2-7H,8H2,1H3. The van der Waals surface area contributed by atoms with Gasteiger partial charge in [0.1, 0.15) is 12.4 Å². The monoisotopic (exact) mass is 295 g/mol. The van der Waals surface area contributed by atoms with Gasteiger partial charge in [-0.1, -0.05) is 6.07 Å². The minimum atomic E-state index is -0.988. The lowest BCUT2D eigenvalue weighted by Crippen LogP contribution is -1.99. The number of nitrogens with zero attached hydrogens (tertiary/aromatic N) is 1. The summed E-state index contributed by atoms with van der Waals surface area (Å²) in [5, 5.41) is 10.5. The van der Waals surface area contributed by atoms with Gasteiger partial charge in [0.05, 0.1) is 12.0 Å². The lowest BCUT2D eigenvalue weighted by Gasteiger charge is -2.08. The fraction of sp³-hybridized carbons (Fsp3) is 0.143. The molecule has 0 saturated heterocycles. The Bertz CT molecular complexity index is 676. The van der Waals surface area contributed by atoms with Crippen LogP contribution in [0.1, 0.15) is 5.56 Å². The first-order chi connectivity index (χ1) is 10.0. The first-order valence-corrected chi connectivity index (χ1v) is 5.90. The summed E-state index contributed by atoms with van der Waals surface area (Å²) >= 11 is 0. The van der Waals surface area contributed by atoms with Gasteiger partial charge in [0.25, 0.3) is 0 Å². The smallest absolute Gasteiger partial charge is 0.305 e. The van der Waals surface area contributed by atoms with Crippen molar-refractivity contribution in [3.05, 3.63) is 63.7 Å². The van der Waals surface area contributed by atoms with Crippen LogP contribution in [0.15, 0.2) is 36.4 Å². The molecule has 0 fully saturated rings. The highest BCUT2D eigenvalue weighted by atomic mass is 19.1. The Hall–Kier alpha value is -2.70. The van der Waals surface area contributed by atoms with E-state index in [4.69, 9.17) is 9.47 Å². The molecule has 0 amide bonds. The third kappa shape index (κ3) is 3.44. The molecule has 0 spiro atoms. The van der Waals surface area contributed by atoms with E-state index in [2.05, 4.69) is 0 Å². The van der Waals surface area contributed by atoms with Crippen molar-refractivity contribution in [2.24, 2.45) is 0 Å². The Morgan fingerprint density at radius 3 is 2.48 bits per heavy atom. The molecular formula is C14H11F2NO4. The van der Waals surface area contributed by atoms with Gasteiger partial charge in [0.2, 0.25) is 5.82 Å². The van der Waals surface area contributed by atoms with Crippen molar-refractivity contribution in [2.75, 3.05) is 7.11 Å². The molecule has 2 aromatic rings. The lowest BCUT2D eigenvalue weighted by atomic mass is 10.2. The average molecular weight is 295 g/mol. The second-order valence-electron chi connectivity index (χ2n) is 4.13. The van der Waals surface area contributed by atoms with Crippen LogP contribution in [0.4, 0.5) is 14.5 Å². The summed E-state index contributed by atoms with van der Waals surface area (Å²) in [4.78, 5) is 9.66. The van der Waals surface area contributed by atoms with E-state index in [9.17, 15) is 18.9 Å². The molecule has 0 heterocycles. The molecule has 0 saturated carbocycles. The van der Waals surface area contributed by atoms with Crippen LogP contribution in [0.2, 0.25) is 0 Å². The fourth-order valence-electron chi connectivity index (χ4n) is 1.69. The second kappa shape index (κ2) is 6.17. The number of methoxy groups -OCH3 is 1. The van der Waals surface area contributed by atoms with Gasteiger partial charge in [-0.2, -0.15) is 4.39 Å². The topological polar surface area (TPSA) is 61.6 Å². The highest BCUT2D eigenvalue weighted by molar-refractivity contribution is 5.38. The molecule has 7 heteroatoms. The van der Waals surface area contributed by atoms with E-state index in [1.807, 2.05) is 0 Å². The van der Waals surface area contributed by atoms with Gasteiger partial charge in [-0.05, 0) is 23.8 Å². The zero-order valence-corrected chi connectivity index (χ0v) is 11.0. The molecule has 0 aromatic heterocycles. The first kappa shape index (κ1) is 14.7. The van der Waals surface area contributed by atoms with Crippen molar-refractivity contribution in [2.45, 2.75) is 6.61 Å². The number of nitro benzene ring substituents is 1. The summed E-state index contributed by atoms with van der Waals surface area (Å²) in [6, 6.07) is 7.49. The summed E-state index contributed by atoms with van der Waals surface area (Å²) in [7, 11) is 1.36. The number of rotatable bonds is 5. The third-order valence-corrected chi connectivity index (χ3v) is 2.74. The van der Waals surface area contributed by atoms with Crippen molar-refractivity contribution in [1.29, 1.82) is 0 Å². The molecule has 2 aromatic carbocycles. The Morgan fingerprint density at radius 2 is 1.90 bits per heavy atom. The molecule has 0 unspecified atom stereocenters. The van der Waals surface area contributed by atoms with Gasteiger partial charge in [0.15, 0.2) is 11.6 Å². The van der Waals surface area contributed by atoms with E-state index < -0.39 is 22.2 Å². The van der Waals surface area contributed by atoms with Gasteiger partial charge >= 0.3 is 5.69 Å². The van der Waals surface area contributed by atoms with E-state index in [0.717, 1.165) is 12.1 Å². The van der Waals surface area contributed by atoms with Crippen LogP contribution in [0.5, 0.6) is 11.5 Å². The van der Waals surface area contributed by atoms with E-state index in [-0.39, 0.29) is 18.1 Å². The van der Waals surface area contributed by atoms with E-state index in [1.165, 1.54) is 25.3 Å². The molecule has 21 heavy (non-hydrogen) atoms. The minimum Gasteiger partial charge on any atom is -0.494 e. The van der Waals surface area contributed by atoms with Gasteiger partial charge in [-0.15, -0.1) is 0 Å². The van der Waals surface area contributed by atoms with Gasteiger partial charge in [-0.3, -0.25) is 10.1 Å². The van der Waals surface area contributed by atoms with E-state index >= 15 is 0 Å². The number of benzene rings is 2. The van der Waals surface area contributed by atoms with Crippen LogP contribution in [-0.2, 0) is 6.61 Å². The fourth-order valence-corrected chi connectivity index (χ4v) is 1.69. The van der Waals surface area contributed by atoms with Gasteiger partial charge in [-0.25, -0.2) is 4.39 Å². The summed E-state index contributed by atoms with van der Waals surface area (Å²) in [6.07, 6.45) is 0. The molecule has 0 bridgehead atoms. The minimum absolute atomic E-state index is 0.00182. The van der Waals surface area contributed by atoms with Crippen molar-refractivity contribution < 1.29 is 23.2 Å². The number of ether oxygens (including phenoxy) is 2. The molecule has 0 N–H and O–H groups in total. The van der Waals surface area contributed by atoms with E-state index in [0.29, 0.717) is 5.56 Å². The van der Waals surface area contributed by atoms with Crippen LogP contribution >= 0.6 is 0 Å². The summed E-state index contributed by atoms with van der Waals surface area (Å²) in [5.41, 5.74) is -0.107. The maximum Gasteiger partial charge on any atom is 0.305 e. The highest BCUT2D eigenvalue weighted by Gasteiger charge is 2.14. The second-order valence-corrected chi connectivity index (χ2v) is 4.13. The van der Waals surface area contributed by atoms with Crippen LogP contribution in [0.25, 0.3) is 0 Å². The molecule has 0 aliphatic rings. The molecular weight excluding hydrogens is 284 g/mol. The summed E-state index contributed by atoms with van der Waals surface area (Å²) < 4.78 is 36.9. The Kier molecular flexibility index (Phi) is 4.32. The SMILES string of the molecule is COc1ccc(COc2ccc([N+](=O)[O-])c(F)c2)cc1F. The number of nitro groups is 1. The molecule has 2 rings (SSSR count). The average Bonchev–Trinajstić information content (AvgIpc) is 2.45. The number of hydrogen-bond acceptors (Lipinski definition) is 4. The molecule has 0 radical (unpaired) electrons. The molecule has 0 atom stereocenters. The molecule has 110 valence electrons. The highest BCUT2D eigenvalue weighted by Crippen LogP contribution is 2.24. The first-order valence-electron chi connectivity index (χ1n) is 5.90. The zero-order valence-electron chi connectivity index (χ0n) is 11.0. The van der Waals surface area contributed by atoms with Crippen LogP contribution in [-0.4, -0.2) is 12.0 Å².